The average Bonchev–Trinajstić information content (AvgIpc) is 2.48. The number of benzene rings is 1. The number of nitrogens with zero attached hydrogens (tertiary/aromatic N) is 2. The minimum atomic E-state index is 0. The number of carbonyl (C=O) groups excluding carboxylic acids is 1. The molecule has 0 bridgehead atoms. The van der Waals surface area contributed by atoms with Crippen LogP contribution in [0.15, 0.2) is 48.7 Å². The zero-order valence-electron chi connectivity index (χ0n) is 12.4. The number of carbonyl (C=O) groups is 1. The highest BCUT2D eigenvalue weighted by Crippen LogP contribution is 2.09. The molecule has 0 saturated carbocycles. The number of amides is 1. The molecule has 1 aromatic carbocycles. The van der Waals surface area contributed by atoms with E-state index in [-0.39, 0.29) is 30.7 Å². The smallest absolute Gasteiger partial charge is 0.227 e. The van der Waals surface area contributed by atoms with E-state index in [2.05, 4.69) is 4.98 Å². The lowest BCUT2D eigenvalue weighted by Gasteiger charge is -2.20. The first-order chi connectivity index (χ1) is 9.69. The number of aromatic nitrogens is 1. The normalized spacial score (nSPS) is 9.32. The fourth-order valence-electron chi connectivity index (χ4n) is 1.99. The summed E-state index contributed by atoms with van der Waals surface area (Å²) in [4.78, 5) is 18.4. The Bertz CT molecular complexity index is 561. The summed E-state index contributed by atoms with van der Waals surface area (Å²) in [5, 5.41) is 0. The number of rotatable bonds is 5. The Morgan fingerprint density at radius 3 is 2.36 bits per heavy atom. The topological polar surface area (TPSA) is 59.2 Å². The van der Waals surface area contributed by atoms with Gasteiger partial charge in [-0.3, -0.25) is 9.78 Å². The number of nitrogen functional groups attached to an aromatic ring is 1. The van der Waals surface area contributed by atoms with Crippen LogP contribution in [0.4, 0.5) is 5.69 Å². The molecule has 0 unspecified atom stereocenters. The molecule has 2 rings (SSSR count). The van der Waals surface area contributed by atoms with E-state index in [1.54, 1.807) is 11.1 Å². The van der Waals surface area contributed by atoms with Crippen molar-refractivity contribution < 1.29 is 4.79 Å². The quantitative estimate of drug-likeness (QED) is 0.850. The summed E-state index contributed by atoms with van der Waals surface area (Å²) < 4.78 is 0. The van der Waals surface area contributed by atoms with Crippen molar-refractivity contribution in [2.24, 2.45) is 0 Å². The summed E-state index contributed by atoms with van der Waals surface area (Å²) in [5.41, 5.74) is 8.23. The number of halogens is 2. The largest absolute Gasteiger partial charge is 0.399 e. The third kappa shape index (κ3) is 5.92. The molecule has 0 saturated heterocycles. The van der Waals surface area contributed by atoms with Crippen molar-refractivity contribution in [2.75, 3.05) is 12.3 Å². The van der Waals surface area contributed by atoms with Crippen molar-refractivity contribution in [3.8, 4) is 0 Å². The first kappa shape index (κ1) is 20.2. The Labute approximate surface area is 143 Å². The predicted octanol–water partition coefficient (Wildman–Crippen LogP) is 3.10. The van der Waals surface area contributed by atoms with Crippen LogP contribution in [0.2, 0.25) is 0 Å². The van der Waals surface area contributed by atoms with Gasteiger partial charge in [0.2, 0.25) is 5.91 Å². The van der Waals surface area contributed by atoms with E-state index in [1.807, 2.05) is 49.4 Å². The third-order valence-electron chi connectivity index (χ3n) is 3.15. The molecule has 0 spiro atoms. The van der Waals surface area contributed by atoms with Crippen LogP contribution >= 0.6 is 24.8 Å². The Morgan fingerprint density at radius 2 is 1.82 bits per heavy atom. The van der Waals surface area contributed by atoms with Crippen LogP contribution in [0, 0.1) is 0 Å². The SMILES string of the molecule is CCN(Cc1ccccn1)C(=O)Cc1ccc(N)cc1.Cl.Cl. The molecular weight excluding hydrogens is 321 g/mol. The van der Waals surface area contributed by atoms with Gasteiger partial charge in [-0.1, -0.05) is 18.2 Å². The van der Waals surface area contributed by atoms with Gasteiger partial charge in [0.1, 0.15) is 0 Å². The van der Waals surface area contributed by atoms with E-state index in [9.17, 15) is 4.79 Å². The van der Waals surface area contributed by atoms with Crippen LogP contribution in [0.3, 0.4) is 0 Å². The maximum absolute atomic E-state index is 12.3. The molecule has 2 N–H and O–H groups in total. The first-order valence-corrected chi connectivity index (χ1v) is 6.71. The molecule has 22 heavy (non-hydrogen) atoms. The zero-order valence-corrected chi connectivity index (χ0v) is 14.1. The van der Waals surface area contributed by atoms with Crippen LogP contribution < -0.4 is 5.73 Å². The lowest BCUT2D eigenvalue weighted by molar-refractivity contribution is -0.130. The summed E-state index contributed by atoms with van der Waals surface area (Å²) in [7, 11) is 0. The second-order valence-electron chi connectivity index (χ2n) is 4.65. The van der Waals surface area contributed by atoms with E-state index in [0.717, 1.165) is 11.3 Å². The van der Waals surface area contributed by atoms with Gasteiger partial charge >= 0.3 is 0 Å². The number of pyridine rings is 1. The summed E-state index contributed by atoms with van der Waals surface area (Å²) in [5.74, 6) is 0.0999. The van der Waals surface area contributed by atoms with E-state index >= 15 is 0 Å². The van der Waals surface area contributed by atoms with Crippen molar-refractivity contribution >= 4 is 36.4 Å². The van der Waals surface area contributed by atoms with Gasteiger partial charge in [-0.2, -0.15) is 0 Å². The van der Waals surface area contributed by atoms with E-state index in [4.69, 9.17) is 5.73 Å². The zero-order chi connectivity index (χ0) is 14.4. The van der Waals surface area contributed by atoms with Crippen LogP contribution in [0.25, 0.3) is 0 Å². The van der Waals surface area contributed by atoms with Gasteiger partial charge in [0, 0.05) is 18.4 Å². The molecule has 0 aliphatic heterocycles. The fourth-order valence-corrected chi connectivity index (χ4v) is 1.99. The Hall–Kier alpha value is -1.78. The highest BCUT2D eigenvalue weighted by molar-refractivity contribution is 5.85. The lowest BCUT2D eigenvalue weighted by atomic mass is 10.1. The lowest BCUT2D eigenvalue weighted by Crippen LogP contribution is -2.31. The van der Waals surface area contributed by atoms with Gasteiger partial charge in [-0.05, 0) is 36.8 Å². The van der Waals surface area contributed by atoms with Gasteiger partial charge in [0.25, 0.3) is 0 Å². The van der Waals surface area contributed by atoms with Crippen LogP contribution in [0.1, 0.15) is 18.2 Å². The minimum absolute atomic E-state index is 0. The van der Waals surface area contributed by atoms with Gasteiger partial charge in [0.05, 0.1) is 18.7 Å². The van der Waals surface area contributed by atoms with Crippen LogP contribution in [0.5, 0.6) is 0 Å². The monoisotopic (exact) mass is 341 g/mol. The molecule has 0 radical (unpaired) electrons. The predicted molar refractivity (Wildman–Crippen MR) is 94.4 cm³/mol. The second kappa shape index (κ2) is 10.0. The average molecular weight is 342 g/mol. The maximum atomic E-state index is 12.3. The number of anilines is 1. The number of hydrogen-bond acceptors (Lipinski definition) is 3. The van der Waals surface area contributed by atoms with Crippen molar-refractivity contribution in [1.82, 2.24) is 9.88 Å². The molecule has 6 heteroatoms. The minimum Gasteiger partial charge on any atom is -0.399 e. The van der Waals surface area contributed by atoms with Crippen LogP contribution in [-0.4, -0.2) is 22.3 Å². The van der Waals surface area contributed by atoms with Crippen molar-refractivity contribution in [3.05, 3.63) is 59.9 Å². The Kier molecular flexibility index (Phi) is 9.22. The van der Waals surface area contributed by atoms with Crippen molar-refractivity contribution in [1.29, 1.82) is 0 Å². The number of likely N-dealkylation sites (N-methyl/N-ethyl adjacent to an activating group) is 1. The standard InChI is InChI=1S/C16H19N3O.2ClH/c1-2-19(12-15-5-3-4-10-18-15)16(20)11-13-6-8-14(17)9-7-13;;/h3-10H,2,11-12,17H2,1H3;2*1H. The molecule has 1 heterocycles. The van der Waals surface area contributed by atoms with Gasteiger partial charge in [-0.25, -0.2) is 0 Å². The summed E-state index contributed by atoms with van der Waals surface area (Å²) in [6, 6.07) is 13.1. The van der Waals surface area contributed by atoms with E-state index in [0.29, 0.717) is 25.2 Å². The molecule has 4 nitrogen and oxygen atoms in total. The summed E-state index contributed by atoms with van der Waals surface area (Å²) in [6.07, 6.45) is 2.13. The van der Waals surface area contributed by atoms with Gasteiger partial charge in [0.15, 0.2) is 0 Å². The Balaban J connectivity index is 0.00000220. The molecule has 2 aromatic rings. The molecular formula is C16H21Cl2N3O. The third-order valence-corrected chi connectivity index (χ3v) is 3.15. The molecule has 1 amide bonds. The van der Waals surface area contributed by atoms with Crippen LogP contribution in [-0.2, 0) is 17.8 Å². The molecule has 120 valence electrons. The highest BCUT2D eigenvalue weighted by Gasteiger charge is 2.13. The highest BCUT2D eigenvalue weighted by atomic mass is 35.5. The first-order valence-electron chi connectivity index (χ1n) is 6.71. The van der Waals surface area contributed by atoms with Gasteiger partial charge in [-0.15, -0.1) is 24.8 Å². The van der Waals surface area contributed by atoms with E-state index in [1.165, 1.54) is 0 Å². The molecule has 0 aliphatic rings. The Morgan fingerprint density at radius 1 is 1.14 bits per heavy atom. The maximum Gasteiger partial charge on any atom is 0.227 e. The number of hydrogen-bond donors (Lipinski definition) is 1. The van der Waals surface area contributed by atoms with Gasteiger partial charge < -0.3 is 10.6 Å². The van der Waals surface area contributed by atoms with E-state index < -0.39 is 0 Å². The summed E-state index contributed by atoms with van der Waals surface area (Å²) >= 11 is 0. The van der Waals surface area contributed by atoms with Crippen molar-refractivity contribution in [2.45, 2.75) is 19.9 Å². The molecule has 0 atom stereocenters. The van der Waals surface area contributed by atoms with Crippen molar-refractivity contribution in [3.63, 3.8) is 0 Å². The molecule has 0 fully saturated rings. The molecule has 1 aromatic heterocycles. The molecule has 0 aliphatic carbocycles. The second-order valence-corrected chi connectivity index (χ2v) is 4.65. The number of nitrogens with two attached hydrogens (primary N) is 1. The fraction of sp³-hybridized carbons (Fsp3) is 0.250. The summed E-state index contributed by atoms with van der Waals surface area (Å²) in [6.45, 7) is 3.19.